The zero-order valence-electron chi connectivity index (χ0n) is 13.2. The van der Waals surface area contributed by atoms with Crippen LogP contribution in [0.3, 0.4) is 0 Å². The van der Waals surface area contributed by atoms with Crippen molar-refractivity contribution >= 4 is 28.2 Å². The van der Waals surface area contributed by atoms with Gasteiger partial charge in [-0.3, -0.25) is 4.98 Å². The number of hydrogen-bond acceptors (Lipinski definition) is 3. The standard InChI is InChI=1S/C19H18N4O/c24-19(22-18-12-20-11-14-5-1-3-7-16(14)18)23-10-9-21-17-8-4-2-6-15(17)13-23/h1-8,11-12,21H,9-10,13H2,(H,22,24). The maximum Gasteiger partial charge on any atom is 0.322 e. The number of nitrogens with zero attached hydrogens (tertiary/aromatic N) is 2. The van der Waals surface area contributed by atoms with Crippen molar-refractivity contribution in [2.45, 2.75) is 6.54 Å². The lowest BCUT2D eigenvalue weighted by Crippen LogP contribution is -2.36. The predicted octanol–water partition coefficient (Wildman–Crippen LogP) is 3.69. The molecule has 0 saturated heterocycles. The summed E-state index contributed by atoms with van der Waals surface area (Å²) in [7, 11) is 0. The van der Waals surface area contributed by atoms with E-state index < -0.39 is 0 Å². The van der Waals surface area contributed by atoms with Crippen molar-refractivity contribution in [3.05, 3.63) is 66.5 Å². The fraction of sp³-hybridized carbons (Fsp3) is 0.158. The van der Waals surface area contributed by atoms with Crippen LogP contribution in [0.4, 0.5) is 16.2 Å². The van der Waals surface area contributed by atoms with E-state index >= 15 is 0 Å². The summed E-state index contributed by atoms with van der Waals surface area (Å²) in [6, 6.07) is 15.9. The van der Waals surface area contributed by atoms with E-state index in [0.29, 0.717) is 13.1 Å². The molecule has 0 saturated carbocycles. The molecule has 0 radical (unpaired) electrons. The number of hydrogen-bond donors (Lipinski definition) is 2. The van der Waals surface area contributed by atoms with Gasteiger partial charge in [0.25, 0.3) is 0 Å². The Labute approximate surface area is 140 Å². The van der Waals surface area contributed by atoms with Gasteiger partial charge in [-0.1, -0.05) is 42.5 Å². The smallest absolute Gasteiger partial charge is 0.322 e. The molecular formula is C19H18N4O. The van der Waals surface area contributed by atoms with Gasteiger partial charge in [-0.05, 0) is 11.6 Å². The van der Waals surface area contributed by atoms with Crippen LogP contribution in [0.1, 0.15) is 5.56 Å². The van der Waals surface area contributed by atoms with E-state index in [0.717, 1.165) is 34.3 Å². The molecule has 2 aromatic carbocycles. The van der Waals surface area contributed by atoms with Crippen molar-refractivity contribution in [3.63, 3.8) is 0 Å². The fourth-order valence-electron chi connectivity index (χ4n) is 3.02. The summed E-state index contributed by atoms with van der Waals surface area (Å²) in [5.74, 6) is 0. The number of benzene rings is 2. The van der Waals surface area contributed by atoms with E-state index in [4.69, 9.17) is 0 Å². The number of amides is 2. The van der Waals surface area contributed by atoms with Gasteiger partial charge >= 0.3 is 6.03 Å². The average Bonchev–Trinajstić information content (AvgIpc) is 2.84. The van der Waals surface area contributed by atoms with Crippen molar-refractivity contribution in [3.8, 4) is 0 Å². The summed E-state index contributed by atoms with van der Waals surface area (Å²) in [6.07, 6.45) is 3.50. The summed E-state index contributed by atoms with van der Waals surface area (Å²) in [4.78, 5) is 18.8. The first-order valence-corrected chi connectivity index (χ1v) is 8.02. The molecule has 5 nitrogen and oxygen atoms in total. The summed E-state index contributed by atoms with van der Waals surface area (Å²) >= 11 is 0. The number of aromatic nitrogens is 1. The molecule has 1 aromatic heterocycles. The second kappa shape index (κ2) is 6.20. The number of carbonyl (C=O) groups excluding carboxylic acids is 1. The highest BCUT2D eigenvalue weighted by Gasteiger charge is 2.19. The highest BCUT2D eigenvalue weighted by Crippen LogP contribution is 2.23. The topological polar surface area (TPSA) is 57.3 Å². The van der Waals surface area contributed by atoms with E-state index in [-0.39, 0.29) is 6.03 Å². The number of carbonyl (C=O) groups is 1. The minimum Gasteiger partial charge on any atom is -0.383 e. The molecule has 5 heteroatoms. The molecule has 24 heavy (non-hydrogen) atoms. The Morgan fingerprint density at radius 2 is 1.92 bits per heavy atom. The van der Waals surface area contributed by atoms with E-state index in [9.17, 15) is 4.79 Å². The van der Waals surface area contributed by atoms with Gasteiger partial charge in [0, 0.05) is 42.3 Å². The van der Waals surface area contributed by atoms with Crippen LogP contribution in [0.5, 0.6) is 0 Å². The Kier molecular flexibility index (Phi) is 3.75. The van der Waals surface area contributed by atoms with Crippen LogP contribution in [0.2, 0.25) is 0 Å². The minimum absolute atomic E-state index is 0.105. The molecule has 2 heterocycles. The molecule has 4 rings (SSSR count). The van der Waals surface area contributed by atoms with Crippen molar-refractivity contribution in [1.29, 1.82) is 0 Å². The molecule has 120 valence electrons. The molecule has 0 spiro atoms. The summed E-state index contributed by atoms with van der Waals surface area (Å²) in [5, 5.41) is 8.39. The first-order valence-electron chi connectivity index (χ1n) is 8.02. The molecule has 1 aliphatic rings. The second-order valence-electron chi connectivity index (χ2n) is 5.84. The van der Waals surface area contributed by atoms with E-state index in [2.05, 4.69) is 15.6 Å². The van der Waals surface area contributed by atoms with Crippen molar-refractivity contribution in [1.82, 2.24) is 9.88 Å². The lowest BCUT2D eigenvalue weighted by atomic mass is 10.1. The number of anilines is 2. The monoisotopic (exact) mass is 318 g/mol. The number of para-hydroxylation sites is 1. The van der Waals surface area contributed by atoms with Crippen LogP contribution in [-0.2, 0) is 6.54 Å². The molecular weight excluding hydrogens is 300 g/mol. The van der Waals surface area contributed by atoms with Gasteiger partial charge in [0.2, 0.25) is 0 Å². The summed E-state index contributed by atoms with van der Waals surface area (Å²) < 4.78 is 0. The zero-order valence-corrected chi connectivity index (χ0v) is 13.2. The van der Waals surface area contributed by atoms with Crippen LogP contribution in [0.25, 0.3) is 10.8 Å². The maximum atomic E-state index is 12.7. The van der Waals surface area contributed by atoms with Gasteiger partial charge in [0.15, 0.2) is 0 Å². The molecule has 0 aliphatic carbocycles. The highest BCUT2D eigenvalue weighted by molar-refractivity contribution is 6.00. The lowest BCUT2D eigenvalue weighted by molar-refractivity contribution is 0.212. The zero-order chi connectivity index (χ0) is 16.4. The van der Waals surface area contributed by atoms with Gasteiger partial charge in [-0.25, -0.2) is 4.79 Å². The second-order valence-corrected chi connectivity index (χ2v) is 5.84. The third-order valence-electron chi connectivity index (χ3n) is 4.27. The molecule has 2 N–H and O–H groups in total. The van der Waals surface area contributed by atoms with E-state index in [1.54, 1.807) is 12.4 Å². The number of rotatable bonds is 1. The SMILES string of the molecule is O=C(Nc1cncc2ccccc12)N1CCNc2ccccc2C1. The van der Waals surface area contributed by atoms with Crippen molar-refractivity contribution in [2.75, 3.05) is 23.7 Å². The predicted molar refractivity (Wildman–Crippen MR) is 96.1 cm³/mol. The molecule has 0 fully saturated rings. The largest absolute Gasteiger partial charge is 0.383 e. The third-order valence-corrected chi connectivity index (χ3v) is 4.27. The fourth-order valence-corrected chi connectivity index (χ4v) is 3.02. The Morgan fingerprint density at radius 1 is 1.08 bits per heavy atom. The van der Waals surface area contributed by atoms with Gasteiger partial charge < -0.3 is 15.5 Å². The summed E-state index contributed by atoms with van der Waals surface area (Å²) in [6.45, 7) is 1.98. The molecule has 1 aliphatic heterocycles. The Balaban J connectivity index is 1.58. The Hall–Kier alpha value is -3.08. The molecule has 3 aromatic rings. The van der Waals surface area contributed by atoms with E-state index in [1.807, 2.05) is 53.4 Å². The number of nitrogens with one attached hydrogen (secondary N) is 2. The van der Waals surface area contributed by atoms with Gasteiger partial charge in [-0.15, -0.1) is 0 Å². The first kappa shape index (κ1) is 14.5. The van der Waals surface area contributed by atoms with Gasteiger partial charge in [-0.2, -0.15) is 0 Å². The number of fused-ring (bicyclic) bond motifs is 2. The minimum atomic E-state index is -0.105. The molecule has 0 atom stereocenters. The van der Waals surface area contributed by atoms with Crippen molar-refractivity contribution in [2.24, 2.45) is 0 Å². The van der Waals surface area contributed by atoms with Crippen LogP contribution in [0, 0.1) is 0 Å². The molecule has 0 unspecified atom stereocenters. The molecule has 2 amide bonds. The summed E-state index contributed by atoms with van der Waals surface area (Å²) in [5.41, 5.74) is 2.96. The maximum absolute atomic E-state index is 12.7. The molecule has 0 bridgehead atoms. The van der Waals surface area contributed by atoms with Gasteiger partial charge in [0.1, 0.15) is 0 Å². The van der Waals surface area contributed by atoms with Crippen LogP contribution < -0.4 is 10.6 Å². The van der Waals surface area contributed by atoms with Crippen molar-refractivity contribution < 1.29 is 4.79 Å². The normalized spacial score (nSPS) is 13.8. The number of pyridine rings is 1. The van der Waals surface area contributed by atoms with E-state index in [1.165, 1.54) is 0 Å². The number of urea groups is 1. The quantitative estimate of drug-likeness (QED) is 0.719. The van der Waals surface area contributed by atoms with Crippen LogP contribution in [-0.4, -0.2) is 29.0 Å². The van der Waals surface area contributed by atoms with Gasteiger partial charge in [0.05, 0.1) is 11.9 Å². The third kappa shape index (κ3) is 2.76. The Morgan fingerprint density at radius 3 is 2.88 bits per heavy atom. The highest BCUT2D eigenvalue weighted by atomic mass is 16.2. The average molecular weight is 318 g/mol. The lowest BCUT2D eigenvalue weighted by Gasteiger charge is -2.21. The van der Waals surface area contributed by atoms with Crippen LogP contribution in [0.15, 0.2) is 60.9 Å². The Bertz CT molecular complexity index is 888. The first-order chi connectivity index (χ1) is 11.8. The van der Waals surface area contributed by atoms with Crippen LogP contribution >= 0.6 is 0 Å².